The third-order valence-electron chi connectivity index (χ3n) is 9.72. The van der Waals surface area contributed by atoms with Crippen molar-refractivity contribution in [3.8, 4) is 5.75 Å². The molecular weight excluding hydrogens is 638 g/mol. The van der Waals surface area contributed by atoms with Gasteiger partial charge in [-0.25, -0.2) is 0 Å². The molecule has 0 aliphatic heterocycles. The Morgan fingerprint density at radius 1 is 0.725 bits per heavy atom. The smallest absolute Gasteiger partial charge is 0.223 e. The monoisotopic (exact) mass is 683 g/mol. The third-order valence-corrected chi connectivity index (χ3v) is 9.72. The van der Waals surface area contributed by atoms with Gasteiger partial charge >= 0.3 is 0 Å². The van der Waals surface area contributed by atoms with Gasteiger partial charge < -0.3 is 10.1 Å². The maximum absolute atomic E-state index is 14.2. The van der Waals surface area contributed by atoms with Crippen LogP contribution in [-0.4, -0.2) is 42.2 Å². The van der Waals surface area contributed by atoms with Crippen LogP contribution in [0.4, 0.5) is 0 Å². The Labute approximate surface area is 300 Å². The highest BCUT2D eigenvalue weighted by molar-refractivity contribution is 6.38. The molecule has 0 aromatic heterocycles. The zero-order valence-corrected chi connectivity index (χ0v) is 29.5. The molecule has 1 aliphatic rings. The molecule has 7 nitrogen and oxygen atoms in total. The highest BCUT2D eigenvalue weighted by Gasteiger charge is 2.33. The van der Waals surface area contributed by atoms with Crippen LogP contribution < -0.4 is 10.1 Å². The Balaban J connectivity index is 1.32. The second-order valence-corrected chi connectivity index (χ2v) is 13.4. The van der Waals surface area contributed by atoms with E-state index in [1.165, 1.54) is 0 Å². The summed E-state index contributed by atoms with van der Waals surface area (Å²) in [5.74, 6) is -2.91. The van der Waals surface area contributed by atoms with Gasteiger partial charge in [0.25, 0.3) is 0 Å². The normalized spacial score (nSPS) is 13.9. The van der Waals surface area contributed by atoms with Crippen LogP contribution in [0.3, 0.4) is 0 Å². The Morgan fingerprint density at radius 3 is 1.98 bits per heavy atom. The second kappa shape index (κ2) is 17.5. The fourth-order valence-corrected chi connectivity index (χ4v) is 6.68. The second-order valence-electron chi connectivity index (χ2n) is 13.4. The summed E-state index contributed by atoms with van der Waals surface area (Å²) >= 11 is 0. The number of rotatable bonds is 18. The minimum absolute atomic E-state index is 0.000968. The molecule has 0 saturated carbocycles. The summed E-state index contributed by atoms with van der Waals surface area (Å²) < 4.78 is 5.29. The van der Waals surface area contributed by atoms with E-state index >= 15 is 0 Å². The number of amides is 1. The lowest BCUT2D eigenvalue weighted by molar-refractivity contribution is -0.140. The molecular formula is C44H45NO6. The van der Waals surface area contributed by atoms with E-state index in [0.717, 1.165) is 33.4 Å². The maximum Gasteiger partial charge on any atom is 0.223 e. The van der Waals surface area contributed by atoms with E-state index in [0.29, 0.717) is 24.2 Å². The largest absolute Gasteiger partial charge is 0.497 e. The number of Topliss-reactive ketones (excluding diaryl/α,β-unsaturated/α-hetero) is 4. The Kier molecular flexibility index (Phi) is 12.6. The van der Waals surface area contributed by atoms with Crippen molar-refractivity contribution in [2.24, 2.45) is 11.8 Å². The molecule has 3 atom stereocenters. The SMILES string of the molecule is COc1ccc(C[C@H](NC(=O)[C@H](C)CC(=O)C2=C(C)c3ccccc3C2)C(=O)C[C@@H](Cc2ccccc2)C(=O)C(=O)CCc2ccccc2)cc1. The minimum atomic E-state index is -0.981. The van der Waals surface area contributed by atoms with E-state index in [2.05, 4.69) is 5.32 Å². The molecule has 1 amide bonds. The number of hydrogen-bond acceptors (Lipinski definition) is 6. The number of methoxy groups -OCH3 is 1. The first-order valence-electron chi connectivity index (χ1n) is 17.5. The Bertz CT molecular complexity index is 1900. The lowest BCUT2D eigenvalue weighted by atomic mass is 9.85. The average Bonchev–Trinajstić information content (AvgIpc) is 3.50. The van der Waals surface area contributed by atoms with Gasteiger partial charge in [0, 0.05) is 43.1 Å². The molecule has 0 bridgehead atoms. The van der Waals surface area contributed by atoms with Gasteiger partial charge in [0.2, 0.25) is 11.7 Å². The van der Waals surface area contributed by atoms with E-state index in [9.17, 15) is 24.0 Å². The number of carbonyl (C=O) groups is 5. The molecule has 5 rings (SSSR count). The number of allylic oxidation sites excluding steroid dienone is 2. The van der Waals surface area contributed by atoms with E-state index in [1.54, 1.807) is 26.2 Å². The zero-order valence-electron chi connectivity index (χ0n) is 29.5. The van der Waals surface area contributed by atoms with Crippen molar-refractivity contribution in [2.45, 2.75) is 64.8 Å². The molecule has 1 N–H and O–H groups in total. The lowest BCUT2D eigenvalue weighted by Gasteiger charge is -2.23. The van der Waals surface area contributed by atoms with Gasteiger partial charge in [0.1, 0.15) is 5.75 Å². The topological polar surface area (TPSA) is 107 Å². The van der Waals surface area contributed by atoms with E-state index in [4.69, 9.17) is 4.74 Å². The van der Waals surface area contributed by atoms with Crippen LogP contribution in [0.2, 0.25) is 0 Å². The number of fused-ring (bicyclic) bond motifs is 1. The van der Waals surface area contributed by atoms with Gasteiger partial charge in [-0.2, -0.15) is 0 Å². The van der Waals surface area contributed by atoms with Crippen LogP contribution in [0.25, 0.3) is 5.57 Å². The first-order chi connectivity index (χ1) is 24.6. The highest BCUT2D eigenvalue weighted by Crippen LogP contribution is 2.33. The number of carbonyl (C=O) groups excluding carboxylic acids is 5. The Morgan fingerprint density at radius 2 is 1.33 bits per heavy atom. The molecule has 0 radical (unpaired) electrons. The number of ether oxygens (including phenoxy) is 1. The van der Waals surface area contributed by atoms with Crippen molar-refractivity contribution in [1.82, 2.24) is 5.32 Å². The highest BCUT2D eigenvalue weighted by atomic mass is 16.5. The predicted molar refractivity (Wildman–Crippen MR) is 198 cm³/mol. The lowest BCUT2D eigenvalue weighted by Crippen LogP contribution is -2.46. The summed E-state index contributed by atoms with van der Waals surface area (Å²) in [5, 5.41) is 2.92. The summed E-state index contributed by atoms with van der Waals surface area (Å²) in [5.41, 5.74) is 6.37. The van der Waals surface area contributed by atoms with Crippen molar-refractivity contribution in [2.75, 3.05) is 7.11 Å². The average molecular weight is 684 g/mol. The van der Waals surface area contributed by atoms with Crippen LogP contribution >= 0.6 is 0 Å². The van der Waals surface area contributed by atoms with Crippen LogP contribution in [0.1, 0.15) is 60.9 Å². The fourth-order valence-electron chi connectivity index (χ4n) is 6.68. The predicted octanol–water partition coefficient (Wildman–Crippen LogP) is 6.94. The van der Waals surface area contributed by atoms with Gasteiger partial charge in [0.05, 0.1) is 13.2 Å². The van der Waals surface area contributed by atoms with Crippen molar-refractivity contribution in [1.29, 1.82) is 0 Å². The van der Waals surface area contributed by atoms with Crippen LogP contribution in [0.5, 0.6) is 5.75 Å². The first-order valence-corrected chi connectivity index (χ1v) is 17.5. The molecule has 262 valence electrons. The number of nitrogens with one attached hydrogen (secondary N) is 1. The van der Waals surface area contributed by atoms with Crippen LogP contribution in [0.15, 0.2) is 115 Å². The van der Waals surface area contributed by atoms with Gasteiger partial charge in [-0.15, -0.1) is 0 Å². The van der Waals surface area contributed by atoms with Gasteiger partial charge in [-0.3, -0.25) is 24.0 Å². The minimum Gasteiger partial charge on any atom is -0.497 e. The number of ketones is 4. The van der Waals surface area contributed by atoms with Crippen molar-refractivity contribution in [3.05, 3.63) is 143 Å². The molecule has 0 heterocycles. The quantitative estimate of drug-likeness (QED) is 0.114. The van der Waals surface area contributed by atoms with E-state index in [-0.39, 0.29) is 43.7 Å². The number of aryl methyl sites for hydroxylation is 1. The molecule has 0 fully saturated rings. The van der Waals surface area contributed by atoms with Crippen molar-refractivity contribution >= 4 is 34.6 Å². The van der Waals surface area contributed by atoms with Gasteiger partial charge in [-0.1, -0.05) is 104 Å². The summed E-state index contributed by atoms with van der Waals surface area (Å²) in [7, 11) is 1.57. The molecule has 51 heavy (non-hydrogen) atoms. The van der Waals surface area contributed by atoms with Gasteiger partial charge in [0.15, 0.2) is 17.3 Å². The summed E-state index contributed by atoms with van der Waals surface area (Å²) in [6.45, 7) is 3.63. The summed E-state index contributed by atoms with van der Waals surface area (Å²) in [6.07, 6.45) is 1.17. The molecule has 1 aliphatic carbocycles. The Hall–Kier alpha value is -5.43. The van der Waals surface area contributed by atoms with Crippen LogP contribution in [-0.2, 0) is 49.7 Å². The standard InChI is InChI=1S/C44H45NO6/c1-29(24-41(47)38-27-34-16-10-11-17-37(34)30(38)2)44(50)45-39(26-33-18-21-36(51-3)22-19-33)42(48)28-35(25-32-14-8-5-9-15-32)43(49)40(46)23-20-31-12-6-4-7-13-31/h4-19,21-22,29,35,39H,20,23-28H2,1-3H3,(H,45,50)/t29-,35-,39+/m1/s1. The van der Waals surface area contributed by atoms with Gasteiger partial charge in [-0.05, 0) is 71.7 Å². The summed E-state index contributed by atoms with van der Waals surface area (Å²) in [4.78, 5) is 68.2. The number of benzene rings is 4. The maximum atomic E-state index is 14.2. The molecule has 7 heteroatoms. The molecule has 0 spiro atoms. The fraction of sp³-hybridized carbons (Fsp3) is 0.295. The van der Waals surface area contributed by atoms with Crippen LogP contribution in [0, 0.1) is 11.8 Å². The molecule has 4 aromatic carbocycles. The van der Waals surface area contributed by atoms with E-state index in [1.807, 2.05) is 104 Å². The van der Waals surface area contributed by atoms with Crippen molar-refractivity contribution < 1.29 is 28.7 Å². The van der Waals surface area contributed by atoms with Crippen molar-refractivity contribution in [3.63, 3.8) is 0 Å². The zero-order chi connectivity index (χ0) is 36.3. The number of hydrogen-bond donors (Lipinski definition) is 1. The molecule has 4 aromatic rings. The third kappa shape index (κ3) is 9.85. The molecule has 0 saturated heterocycles. The summed E-state index contributed by atoms with van der Waals surface area (Å²) in [6, 6.07) is 33.0. The molecule has 0 unspecified atom stereocenters. The first kappa shape index (κ1) is 36.8. The van der Waals surface area contributed by atoms with E-state index < -0.39 is 35.4 Å².